The van der Waals surface area contributed by atoms with Gasteiger partial charge >= 0.3 is 0 Å². The Balaban J connectivity index is 1.85. The summed E-state index contributed by atoms with van der Waals surface area (Å²) in [5.41, 5.74) is 0. The second-order valence-electron chi connectivity index (χ2n) is 3.58. The zero-order chi connectivity index (χ0) is 8.39. The summed E-state index contributed by atoms with van der Waals surface area (Å²) in [6.07, 6.45) is 4.87. The normalized spacial score (nSPS) is 43.2. The Labute approximate surface area is 78.2 Å². The second kappa shape index (κ2) is 3.95. The molecule has 3 atom stereocenters. The van der Waals surface area contributed by atoms with Crippen molar-refractivity contribution >= 4 is 11.6 Å². The Morgan fingerprint density at radius 2 is 1.83 bits per heavy atom. The van der Waals surface area contributed by atoms with E-state index in [1.165, 1.54) is 6.42 Å². The van der Waals surface area contributed by atoms with Crippen LogP contribution in [-0.4, -0.2) is 30.8 Å². The molecule has 3 unspecified atom stereocenters. The van der Waals surface area contributed by atoms with Crippen LogP contribution in [-0.2, 0) is 9.47 Å². The fourth-order valence-corrected chi connectivity index (χ4v) is 2.20. The molecule has 0 N–H and O–H groups in total. The fraction of sp³-hybridized carbons (Fsp3) is 1.00. The van der Waals surface area contributed by atoms with Crippen LogP contribution in [0.15, 0.2) is 0 Å². The summed E-state index contributed by atoms with van der Waals surface area (Å²) in [6.45, 7) is 1.70. The van der Waals surface area contributed by atoms with Crippen molar-refractivity contribution in [2.24, 2.45) is 0 Å². The van der Waals surface area contributed by atoms with E-state index in [0.29, 0.717) is 11.5 Å². The molecular formula is C9H15ClO2. The van der Waals surface area contributed by atoms with Gasteiger partial charge in [0.25, 0.3) is 0 Å². The van der Waals surface area contributed by atoms with E-state index in [9.17, 15) is 0 Å². The van der Waals surface area contributed by atoms with Crippen LogP contribution in [0.25, 0.3) is 0 Å². The topological polar surface area (TPSA) is 18.5 Å². The number of ether oxygens (including phenoxy) is 2. The summed E-state index contributed by atoms with van der Waals surface area (Å²) >= 11 is 6.05. The molecule has 0 amide bonds. The van der Waals surface area contributed by atoms with Crippen LogP contribution in [0.4, 0.5) is 0 Å². The van der Waals surface area contributed by atoms with Crippen molar-refractivity contribution < 1.29 is 9.47 Å². The molecule has 2 nitrogen and oxygen atoms in total. The number of hydrogen-bond donors (Lipinski definition) is 0. The minimum Gasteiger partial charge on any atom is -0.376 e. The van der Waals surface area contributed by atoms with Crippen LogP contribution in [0.2, 0.25) is 0 Å². The van der Waals surface area contributed by atoms with E-state index in [1.807, 2.05) is 0 Å². The zero-order valence-corrected chi connectivity index (χ0v) is 7.93. The molecule has 2 fully saturated rings. The third-order valence-corrected chi connectivity index (χ3v) is 3.03. The Morgan fingerprint density at radius 3 is 2.50 bits per heavy atom. The average Bonchev–Trinajstić information content (AvgIpc) is 2.56. The molecule has 2 saturated heterocycles. The molecule has 0 aromatic carbocycles. The van der Waals surface area contributed by atoms with Gasteiger partial charge in [0.2, 0.25) is 0 Å². The van der Waals surface area contributed by atoms with Gasteiger partial charge in [-0.25, -0.2) is 0 Å². The summed E-state index contributed by atoms with van der Waals surface area (Å²) in [5, 5.41) is 0.299. The van der Waals surface area contributed by atoms with Gasteiger partial charge < -0.3 is 9.47 Å². The standard InChI is InChI=1S/C9H15ClO2/c10-7-3-5-12-9(6-7)8-2-1-4-11-8/h7-9H,1-6H2. The predicted octanol–water partition coefficient (Wildman–Crippen LogP) is 1.95. The van der Waals surface area contributed by atoms with Gasteiger partial charge in [-0.15, -0.1) is 11.6 Å². The summed E-state index contributed by atoms with van der Waals surface area (Å²) in [4.78, 5) is 0. The van der Waals surface area contributed by atoms with E-state index in [2.05, 4.69) is 0 Å². The first kappa shape index (κ1) is 8.79. The summed E-state index contributed by atoms with van der Waals surface area (Å²) < 4.78 is 11.2. The third kappa shape index (κ3) is 1.93. The van der Waals surface area contributed by atoms with Crippen LogP contribution in [0.3, 0.4) is 0 Å². The first-order valence-corrected chi connectivity index (χ1v) is 5.17. The molecule has 3 heteroatoms. The van der Waals surface area contributed by atoms with Crippen molar-refractivity contribution in [1.29, 1.82) is 0 Å². The highest BCUT2D eigenvalue weighted by Crippen LogP contribution is 2.27. The Morgan fingerprint density at radius 1 is 1.00 bits per heavy atom. The molecule has 2 aliphatic rings. The number of halogens is 1. The average molecular weight is 191 g/mol. The highest BCUT2D eigenvalue weighted by molar-refractivity contribution is 6.20. The van der Waals surface area contributed by atoms with Crippen molar-refractivity contribution in [3.63, 3.8) is 0 Å². The molecule has 2 heterocycles. The Hall–Kier alpha value is 0.210. The van der Waals surface area contributed by atoms with Gasteiger partial charge in [0.1, 0.15) is 0 Å². The molecule has 0 saturated carbocycles. The molecule has 70 valence electrons. The molecule has 12 heavy (non-hydrogen) atoms. The molecule has 0 radical (unpaired) electrons. The largest absolute Gasteiger partial charge is 0.376 e. The summed E-state index contributed by atoms with van der Waals surface area (Å²) in [6, 6.07) is 0. The highest BCUT2D eigenvalue weighted by atomic mass is 35.5. The van der Waals surface area contributed by atoms with Gasteiger partial charge in [-0.2, -0.15) is 0 Å². The molecule has 0 spiro atoms. The lowest BCUT2D eigenvalue weighted by atomic mass is 10.0. The van der Waals surface area contributed by atoms with Gasteiger partial charge in [-0.05, 0) is 25.7 Å². The van der Waals surface area contributed by atoms with Gasteiger partial charge in [0.15, 0.2) is 0 Å². The summed E-state index contributed by atoms with van der Waals surface area (Å²) in [7, 11) is 0. The monoisotopic (exact) mass is 190 g/mol. The van der Waals surface area contributed by atoms with Crippen LogP contribution in [0.1, 0.15) is 25.7 Å². The maximum atomic E-state index is 6.05. The van der Waals surface area contributed by atoms with E-state index in [-0.39, 0.29) is 6.10 Å². The van der Waals surface area contributed by atoms with Crippen molar-refractivity contribution in [3.8, 4) is 0 Å². The molecule has 0 bridgehead atoms. The van der Waals surface area contributed by atoms with Gasteiger partial charge in [0, 0.05) is 18.6 Å². The first-order chi connectivity index (χ1) is 5.86. The summed E-state index contributed by atoms with van der Waals surface area (Å²) in [5.74, 6) is 0. The number of hydrogen-bond acceptors (Lipinski definition) is 2. The fourth-order valence-electron chi connectivity index (χ4n) is 1.94. The lowest BCUT2D eigenvalue weighted by Gasteiger charge is -2.29. The maximum Gasteiger partial charge on any atom is 0.0850 e. The maximum absolute atomic E-state index is 6.05. The van der Waals surface area contributed by atoms with E-state index in [4.69, 9.17) is 21.1 Å². The lowest BCUT2D eigenvalue weighted by molar-refractivity contribution is -0.0689. The SMILES string of the molecule is ClC1CCOC(C2CCCO2)C1. The van der Waals surface area contributed by atoms with E-state index >= 15 is 0 Å². The first-order valence-electron chi connectivity index (χ1n) is 4.73. The van der Waals surface area contributed by atoms with Crippen LogP contribution in [0, 0.1) is 0 Å². The van der Waals surface area contributed by atoms with Gasteiger partial charge in [-0.1, -0.05) is 0 Å². The van der Waals surface area contributed by atoms with Crippen molar-refractivity contribution in [2.45, 2.75) is 43.3 Å². The van der Waals surface area contributed by atoms with Crippen molar-refractivity contribution in [2.75, 3.05) is 13.2 Å². The zero-order valence-electron chi connectivity index (χ0n) is 7.17. The Bertz CT molecular complexity index is 145. The van der Waals surface area contributed by atoms with Gasteiger partial charge in [-0.3, -0.25) is 0 Å². The molecule has 0 aromatic rings. The van der Waals surface area contributed by atoms with E-state index < -0.39 is 0 Å². The predicted molar refractivity (Wildman–Crippen MR) is 47.6 cm³/mol. The number of rotatable bonds is 1. The van der Waals surface area contributed by atoms with E-state index in [1.54, 1.807) is 0 Å². The van der Waals surface area contributed by atoms with Crippen LogP contribution < -0.4 is 0 Å². The highest BCUT2D eigenvalue weighted by Gasteiger charge is 2.31. The number of alkyl halides is 1. The molecule has 2 rings (SSSR count). The van der Waals surface area contributed by atoms with E-state index in [0.717, 1.165) is 32.5 Å². The van der Waals surface area contributed by atoms with Crippen molar-refractivity contribution in [1.82, 2.24) is 0 Å². The molecule has 0 aromatic heterocycles. The van der Waals surface area contributed by atoms with Gasteiger partial charge in [0.05, 0.1) is 12.2 Å². The minimum absolute atomic E-state index is 0.267. The second-order valence-corrected chi connectivity index (χ2v) is 4.20. The molecule has 0 aliphatic carbocycles. The molecule has 2 aliphatic heterocycles. The Kier molecular flexibility index (Phi) is 2.89. The smallest absolute Gasteiger partial charge is 0.0850 e. The minimum atomic E-state index is 0.267. The van der Waals surface area contributed by atoms with Crippen LogP contribution >= 0.6 is 11.6 Å². The van der Waals surface area contributed by atoms with Crippen LogP contribution in [0.5, 0.6) is 0 Å². The third-order valence-electron chi connectivity index (χ3n) is 2.63. The quantitative estimate of drug-likeness (QED) is 0.589. The lowest BCUT2D eigenvalue weighted by Crippen LogP contribution is -2.35. The van der Waals surface area contributed by atoms with Crippen molar-refractivity contribution in [3.05, 3.63) is 0 Å². The molecular weight excluding hydrogens is 176 g/mol.